The topological polar surface area (TPSA) is 82.5 Å². The zero-order chi connectivity index (χ0) is 10.9. The Morgan fingerprint density at radius 1 is 1.53 bits per heavy atom. The Labute approximate surface area is 86.8 Å². The van der Waals surface area contributed by atoms with Gasteiger partial charge in [0.15, 0.2) is 0 Å². The highest BCUT2D eigenvalue weighted by atomic mass is 16.4. The van der Waals surface area contributed by atoms with Gasteiger partial charge in [-0.05, 0) is 25.0 Å². The van der Waals surface area contributed by atoms with Crippen LogP contribution in [0, 0.1) is 0 Å². The van der Waals surface area contributed by atoms with E-state index in [0.717, 1.165) is 18.5 Å². The quantitative estimate of drug-likeness (QED) is 0.679. The molecule has 0 atom stereocenters. The number of carboxylic acid groups (broad SMARTS) is 1. The summed E-state index contributed by atoms with van der Waals surface area (Å²) in [6.07, 6.45) is 3.34. The predicted molar refractivity (Wildman–Crippen MR) is 53.9 cm³/mol. The standard InChI is InChI=1S/C10H12N2O3/c13-6-10(3-4-10)12-7-1-2-8(9(14)15)11-5-7/h1-2,5,12-13H,3-4,6H2,(H,14,15). The zero-order valence-electron chi connectivity index (χ0n) is 8.10. The lowest BCUT2D eigenvalue weighted by Crippen LogP contribution is -2.25. The summed E-state index contributed by atoms with van der Waals surface area (Å²) in [6, 6.07) is 3.10. The number of carboxylic acids is 1. The lowest BCUT2D eigenvalue weighted by Gasteiger charge is -2.15. The first-order chi connectivity index (χ1) is 7.15. The summed E-state index contributed by atoms with van der Waals surface area (Å²) in [4.78, 5) is 14.3. The fraction of sp³-hybridized carbons (Fsp3) is 0.400. The molecule has 0 bridgehead atoms. The molecule has 0 radical (unpaired) electrons. The second kappa shape index (κ2) is 3.51. The second-order valence-corrected chi connectivity index (χ2v) is 3.80. The van der Waals surface area contributed by atoms with E-state index in [1.165, 1.54) is 12.3 Å². The number of nitrogens with one attached hydrogen (secondary N) is 1. The minimum absolute atomic E-state index is 0.0226. The van der Waals surface area contributed by atoms with Gasteiger partial charge in [0, 0.05) is 0 Å². The summed E-state index contributed by atoms with van der Waals surface area (Å²) in [5, 5.41) is 20.9. The Balaban J connectivity index is 2.07. The number of carbonyl (C=O) groups is 1. The summed E-state index contributed by atoms with van der Waals surface area (Å²) in [7, 11) is 0. The molecule has 1 heterocycles. The van der Waals surface area contributed by atoms with Crippen molar-refractivity contribution in [1.29, 1.82) is 0 Å². The fourth-order valence-electron chi connectivity index (χ4n) is 1.37. The second-order valence-electron chi connectivity index (χ2n) is 3.80. The Morgan fingerprint density at radius 2 is 2.27 bits per heavy atom. The highest BCUT2D eigenvalue weighted by molar-refractivity contribution is 5.85. The molecule has 0 amide bonds. The van der Waals surface area contributed by atoms with Gasteiger partial charge in [0.05, 0.1) is 24.0 Å². The molecule has 0 saturated heterocycles. The zero-order valence-corrected chi connectivity index (χ0v) is 8.10. The van der Waals surface area contributed by atoms with Gasteiger partial charge in [-0.15, -0.1) is 0 Å². The van der Waals surface area contributed by atoms with Crippen LogP contribution in [0.1, 0.15) is 23.3 Å². The minimum Gasteiger partial charge on any atom is -0.477 e. The van der Waals surface area contributed by atoms with Gasteiger partial charge in [-0.1, -0.05) is 0 Å². The number of hydrogen-bond acceptors (Lipinski definition) is 4. The van der Waals surface area contributed by atoms with Crippen molar-refractivity contribution in [2.45, 2.75) is 18.4 Å². The molecule has 1 aromatic rings. The van der Waals surface area contributed by atoms with Crippen LogP contribution in [-0.4, -0.2) is 33.3 Å². The van der Waals surface area contributed by atoms with Gasteiger partial charge in [0.1, 0.15) is 5.69 Å². The van der Waals surface area contributed by atoms with Crippen LogP contribution in [0.25, 0.3) is 0 Å². The lowest BCUT2D eigenvalue weighted by atomic mass is 10.2. The molecular formula is C10H12N2O3. The van der Waals surface area contributed by atoms with Gasteiger partial charge in [0.25, 0.3) is 0 Å². The Kier molecular flexibility index (Phi) is 2.32. The maximum Gasteiger partial charge on any atom is 0.354 e. The molecule has 1 fully saturated rings. The molecule has 1 aliphatic carbocycles. The third-order valence-corrected chi connectivity index (χ3v) is 2.55. The summed E-state index contributed by atoms with van der Waals surface area (Å²) < 4.78 is 0. The van der Waals surface area contributed by atoms with E-state index in [9.17, 15) is 4.79 Å². The number of aromatic carboxylic acids is 1. The summed E-state index contributed by atoms with van der Waals surface area (Å²) >= 11 is 0. The van der Waals surface area contributed by atoms with Crippen molar-refractivity contribution in [2.75, 3.05) is 11.9 Å². The summed E-state index contributed by atoms with van der Waals surface area (Å²) in [5.41, 5.74) is 0.563. The molecule has 0 spiro atoms. The Bertz CT molecular complexity index is 371. The van der Waals surface area contributed by atoms with Gasteiger partial charge in [-0.2, -0.15) is 0 Å². The van der Waals surface area contributed by atoms with Gasteiger partial charge < -0.3 is 15.5 Å². The minimum atomic E-state index is -1.04. The fourth-order valence-corrected chi connectivity index (χ4v) is 1.37. The van der Waals surface area contributed by atoms with Gasteiger partial charge in [-0.25, -0.2) is 9.78 Å². The number of nitrogens with zero attached hydrogens (tertiary/aromatic N) is 1. The summed E-state index contributed by atoms with van der Waals surface area (Å²) in [5.74, 6) is -1.04. The molecule has 15 heavy (non-hydrogen) atoms. The third-order valence-electron chi connectivity index (χ3n) is 2.55. The maximum absolute atomic E-state index is 10.5. The van der Waals surface area contributed by atoms with Gasteiger partial charge in [-0.3, -0.25) is 0 Å². The number of hydrogen-bond donors (Lipinski definition) is 3. The smallest absolute Gasteiger partial charge is 0.354 e. The van der Waals surface area contributed by atoms with E-state index in [0.29, 0.717) is 0 Å². The molecule has 0 aliphatic heterocycles. The number of aliphatic hydroxyl groups is 1. The average Bonchev–Trinajstić information content (AvgIpc) is 2.99. The first-order valence-electron chi connectivity index (χ1n) is 4.74. The number of pyridine rings is 1. The van der Waals surface area contributed by atoms with Crippen LogP contribution in [0.3, 0.4) is 0 Å². The number of aliphatic hydroxyl groups excluding tert-OH is 1. The van der Waals surface area contributed by atoms with Crippen LogP contribution in [0.15, 0.2) is 18.3 Å². The van der Waals surface area contributed by atoms with E-state index < -0.39 is 5.97 Å². The lowest BCUT2D eigenvalue weighted by molar-refractivity contribution is 0.0690. The van der Waals surface area contributed by atoms with Crippen LogP contribution in [0.4, 0.5) is 5.69 Å². The van der Waals surface area contributed by atoms with Crippen LogP contribution < -0.4 is 5.32 Å². The SMILES string of the molecule is O=C(O)c1ccc(NC2(CO)CC2)cn1. The highest BCUT2D eigenvalue weighted by Crippen LogP contribution is 2.38. The molecule has 80 valence electrons. The van der Waals surface area contributed by atoms with E-state index in [1.807, 2.05) is 0 Å². The van der Waals surface area contributed by atoms with Crippen molar-refractivity contribution < 1.29 is 15.0 Å². The van der Waals surface area contributed by atoms with E-state index in [4.69, 9.17) is 10.2 Å². The van der Waals surface area contributed by atoms with E-state index in [2.05, 4.69) is 10.3 Å². The third kappa shape index (κ3) is 2.07. The monoisotopic (exact) mass is 208 g/mol. The van der Waals surface area contributed by atoms with Crippen molar-refractivity contribution >= 4 is 11.7 Å². The molecule has 1 aromatic heterocycles. The Morgan fingerprint density at radius 3 is 2.67 bits per heavy atom. The molecule has 1 saturated carbocycles. The molecule has 0 unspecified atom stereocenters. The van der Waals surface area contributed by atoms with Crippen LogP contribution in [-0.2, 0) is 0 Å². The van der Waals surface area contributed by atoms with Gasteiger partial charge >= 0.3 is 5.97 Å². The highest BCUT2D eigenvalue weighted by Gasteiger charge is 2.41. The normalized spacial score (nSPS) is 17.1. The molecule has 5 heteroatoms. The van der Waals surface area contributed by atoms with E-state index >= 15 is 0 Å². The van der Waals surface area contributed by atoms with Gasteiger partial charge in [0.2, 0.25) is 0 Å². The van der Waals surface area contributed by atoms with Crippen molar-refractivity contribution in [1.82, 2.24) is 4.98 Å². The first-order valence-corrected chi connectivity index (χ1v) is 4.74. The molecule has 2 rings (SSSR count). The largest absolute Gasteiger partial charge is 0.477 e. The molecule has 1 aliphatic rings. The van der Waals surface area contributed by atoms with Crippen molar-refractivity contribution in [3.8, 4) is 0 Å². The Hall–Kier alpha value is -1.62. The van der Waals surface area contributed by atoms with Crippen molar-refractivity contribution in [3.63, 3.8) is 0 Å². The maximum atomic E-state index is 10.5. The average molecular weight is 208 g/mol. The molecular weight excluding hydrogens is 196 g/mol. The van der Waals surface area contributed by atoms with E-state index in [-0.39, 0.29) is 17.8 Å². The predicted octanol–water partition coefficient (Wildman–Crippen LogP) is 0.717. The molecule has 5 nitrogen and oxygen atoms in total. The number of aromatic nitrogens is 1. The van der Waals surface area contributed by atoms with Crippen molar-refractivity contribution in [2.24, 2.45) is 0 Å². The van der Waals surface area contributed by atoms with Crippen LogP contribution in [0.2, 0.25) is 0 Å². The summed E-state index contributed by atoms with van der Waals surface area (Å²) in [6.45, 7) is 0.0910. The van der Waals surface area contributed by atoms with Crippen LogP contribution >= 0.6 is 0 Å². The number of anilines is 1. The molecule has 3 N–H and O–H groups in total. The number of rotatable bonds is 4. The van der Waals surface area contributed by atoms with Crippen LogP contribution in [0.5, 0.6) is 0 Å². The van der Waals surface area contributed by atoms with E-state index in [1.54, 1.807) is 6.07 Å². The van der Waals surface area contributed by atoms with Crippen molar-refractivity contribution in [3.05, 3.63) is 24.0 Å². The molecule has 0 aromatic carbocycles. The first kappa shape index (κ1) is 9.92.